The number of anilines is 1. The maximum Gasteiger partial charge on any atom is 0.322 e. The first-order valence-corrected chi connectivity index (χ1v) is 10.2. The number of carbonyl (C=O) groups is 2. The molecule has 0 aromatic heterocycles. The molecule has 0 saturated carbocycles. The molecule has 5 nitrogen and oxygen atoms in total. The Balaban J connectivity index is 1.42. The van der Waals surface area contributed by atoms with E-state index in [9.17, 15) is 9.59 Å². The molecule has 2 atom stereocenters. The third kappa shape index (κ3) is 4.14. The van der Waals surface area contributed by atoms with Gasteiger partial charge >= 0.3 is 6.03 Å². The zero-order valence-corrected chi connectivity index (χ0v) is 16.4. The summed E-state index contributed by atoms with van der Waals surface area (Å²) in [6.45, 7) is 0. The monoisotopic (exact) mass is 397 g/mol. The van der Waals surface area contributed by atoms with Crippen LogP contribution < -0.4 is 10.6 Å². The molecule has 2 saturated heterocycles. The summed E-state index contributed by atoms with van der Waals surface area (Å²) in [7, 11) is 0. The first-order chi connectivity index (χ1) is 13.6. The van der Waals surface area contributed by atoms with Gasteiger partial charge in [0.15, 0.2) is 0 Å². The summed E-state index contributed by atoms with van der Waals surface area (Å²) in [5.41, 5.74) is 1.38. The van der Waals surface area contributed by atoms with Gasteiger partial charge in [-0.3, -0.25) is 4.79 Å². The number of carbonyl (C=O) groups excluding carboxylic acids is 2. The van der Waals surface area contributed by atoms with E-state index in [1.165, 1.54) is 0 Å². The predicted octanol–water partition coefficient (Wildman–Crippen LogP) is 4.69. The highest BCUT2D eigenvalue weighted by atomic mass is 35.5. The number of halogens is 1. The third-order valence-corrected chi connectivity index (χ3v) is 5.89. The van der Waals surface area contributed by atoms with E-state index in [1.807, 2.05) is 47.4 Å². The molecule has 2 bridgehead atoms. The lowest BCUT2D eigenvalue weighted by Crippen LogP contribution is -2.59. The topological polar surface area (TPSA) is 61.4 Å². The second-order valence-electron chi connectivity index (χ2n) is 7.59. The second-order valence-corrected chi connectivity index (χ2v) is 8.03. The molecule has 28 heavy (non-hydrogen) atoms. The van der Waals surface area contributed by atoms with Crippen LogP contribution in [0.2, 0.25) is 5.02 Å². The second kappa shape index (κ2) is 8.23. The fourth-order valence-corrected chi connectivity index (χ4v) is 4.63. The summed E-state index contributed by atoms with van der Waals surface area (Å²) < 4.78 is 0. The van der Waals surface area contributed by atoms with Crippen LogP contribution in [0.25, 0.3) is 0 Å². The van der Waals surface area contributed by atoms with Crippen molar-refractivity contribution in [2.45, 2.75) is 50.2 Å². The summed E-state index contributed by atoms with van der Waals surface area (Å²) in [5.74, 6) is -0.0412. The first kappa shape index (κ1) is 18.8. The molecule has 2 heterocycles. The van der Waals surface area contributed by atoms with E-state index in [0.717, 1.165) is 32.1 Å². The number of piperidine rings is 2. The van der Waals surface area contributed by atoms with E-state index in [4.69, 9.17) is 11.6 Å². The fourth-order valence-electron chi connectivity index (χ4n) is 4.44. The molecule has 3 amide bonds. The molecule has 0 unspecified atom stereocenters. The summed E-state index contributed by atoms with van der Waals surface area (Å²) in [5, 5.41) is 6.74. The van der Waals surface area contributed by atoms with Crippen molar-refractivity contribution in [1.82, 2.24) is 10.2 Å². The highest BCUT2D eigenvalue weighted by molar-refractivity contribution is 6.30. The highest BCUT2D eigenvalue weighted by Crippen LogP contribution is 2.34. The molecule has 2 aromatic carbocycles. The molecular formula is C22H24ClN3O2. The molecule has 0 aliphatic carbocycles. The van der Waals surface area contributed by atoms with Crippen molar-refractivity contribution in [2.75, 3.05) is 5.32 Å². The third-order valence-electron chi connectivity index (χ3n) is 5.66. The molecule has 2 N–H and O–H groups in total. The van der Waals surface area contributed by atoms with E-state index in [-0.39, 0.29) is 30.1 Å². The first-order valence-electron chi connectivity index (χ1n) is 9.81. The standard InChI is InChI=1S/C22H24ClN3O2/c23-16-8-4-9-17(12-16)25-22(28)26-19-10-5-11-20(26)14-18(13-19)24-21(27)15-6-2-1-3-7-15/h1-4,6-9,12,18-20H,5,10-11,13-14H2,(H,24,27)(H,25,28)/t19-,20-/m0/s1. The maximum absolute atomic E-state index is 12.9. The summed E-state index contributed by atoms with van der Waals surface area (Å²) in [4.78, 5) is 27.4. The zero-order valence-electron chi connectivity index (χ0n) is 15.6. The van der Waals surface area contributed by atoms with Crippen LogP contribution in [0.4, 0.5) is 10.5 Å². The van der Waals surface area contributed by atoms with Crippen molar-refractivity contribution in [3.05, 3.63) is 65.2 Å². The molecule has 2 aromatic rings. The SMILES string of the molecule is O=C(NC1C[C@@H]2CCC[C@@H](C1)N2C(=O)Nc1cccc(Cl)c1)c1ccccc1. The Morgan fingerprint density at radius 2 is 1.68 bits per heavy atom. The van der Waals surface area contributed by atoms with Gasteiger partial charge in [-0.05, 0) is 62.4 Å². The smallest absolute Gasteiger partial charge is 0.322 e. The van der Waals surface area contributed by atoms with Crippen LogP contribution in [-0.4, -0.2) is 35.0 Å². The van der Waals surface area contributed by atoms with E-state index >= 15 is 0 Å². The van der Waals surface area contributed by atoms with Crippen molar-refractivity contribution >= 4 is 29.2 Å². The number of rotatable bonds is 3. The van der Waals surface area contributed by atoms with Crippen molar-refractivity contribution < 1.29 is 9.59 Å². The van der Waals surface area contributed by atoms with Crippen molar-refractivity contribution in [3.8, 4) is 0 Å². The number of nitrogens with zero attached hydrogens (tertiary/aromatic N) is 1. The summed E-state index contributed by atoms with van der Waals surface area (Å²) >= 11 is 6.02. The molecule has 4 rings (SSSR count). The number of hydrogen-bond donors (Lipinski definition) is 2. The lowest BCUT2D eigenvalue weighted by Gasteiger charge is -2.48. The Hall–Kier alpha value is -2.53. The molecule has 6 heteroatoms. The predicted molar refractivity (Wildman–Crippen MR) is 111 cm³/mol. The van der Waals surface area contributed by atoms with Gasteiger partial charge in [0, 0.05) is 34.4 Å². The summed E-state index contributed by atoms with van der Waals surface area (Å²) in [6.07, 6.45) is 4.64. The van der Waals surface area contributed by atoms with Gasteiger partial charge < -0.3 is 15.5 Å². The van der Waals surface area contributed by atoms with Crippen LogP contribution in [0, 0.1) is 0 Å². The van der Waals surface area contributed by atoms with Gasteiger partial charge in [-0.25, -0.2) is 4.79 Å². The van der Waals surface area contributed by atoms with E-state index in [0.29, 0.717) is 16.3 Å². The van der Waals surface area contributed by atoms with Crippen LogP contribution in [0.15, 0.2) is 54.6 Å². The van der Waals surface area contributed by atoms with E-state index < -0.39 is 0 Å². The normalized spacial score (nSPS) is 23.8. The number of nitrogens with one attached hydrogen (secondary N) is 2. The minimum Gasteiger partial charge on any atom is -0.349 e. The van der Waals surface area contributed by atoms with Crippen molar-refractivity contribution in [1.29, 1.82) is 0 Å². The molecule has 0 spiro atoms. The zero-order chi connectivity index (χ0) is 19.5. The Morgan fingerprint density at radius 3 is 2.36 bits per heavy atom. The lowest BCUT2D eigenvalue weighted by atomic mass is 9.82. The summed E-state index contributed by atoms with van der Waals surface area (Å²) in [6, 6.07) is 16.8. The quantitative estimate of drug-likeness (QED) is 0.789. The number of fused-ring (bicyclic) bond motifs is 2. The molecule has 146 valence electrons. The highest BCUT2D eigenvalue weighted by Gasteiger charge is 2.41. The number of benzene rings is 2. The average Bonchev–Trinajstić information content (AvgIpc) is 2.68. The Bertz CT molecular complexity index is 844. The van der Waals surface area contributed by atoms with Gasteiger partial charge in [-0.15, -0.1) is 0 Å². The molecule has 0 radical (unpaired) electrons. The van der Waals surface area contributed by atoms with Gasteiger partial charge in [0.2, 0.25) is 0 Å². The Kier molecular flexibility index (Phi) is 5.53. The molecular weight excluding hydrogens is 374 g/mol. The maximum atomic E-state index is 12.9. The van der Waals surface area contributed by atoms with Crippen LogP contribution >= 0.6 is 11.6 Å². The van der Waals surface area contributed by atoms with Crippen LogP contribution in [-0.2, 0) is 0 Å². The fraction of sp³-hybridized carbons (Fsp3) is 0.364. The lowest BCUT2D eigenvalue weighted by molar-refractivity contribution is 0.0577. The number of hydrogen-bond acceptors (Lipinski definition) is 2. The molecule has 2 aliphatic rings. The van der Waals surface area contributed by atoms with Crippen LogP contribution in [0.1, 0.15) is 42.5 Å². The molecule has 2 fully saturated rings. The van der Waals surface area contributed by atoms with Gasteiger partial charge in [-0.2, -0.15) is 0 Å². The van der Waals surface area contributed by atoms with E-state index in [2.05, 4.69) is 10.6 Å². The van der Waals surface area contributed by atoms with Gasteiger partial charge in [0.05, 0.1) is 0 Å². The van der Waals surface area contributed by atoms with Crippen LogP contribution in [0.5, 0.6) is 0 Å². The van der Waals surface area contributed by atoms with Crippen molar-refractivity contribution in [3.63, 3.8) is 0 Å². The Morgan fingerprint density at radius 1 is 0.964 bits per heavy atom. The number of amides is 3. The van der Waals surface area contributed by atoms with Gasteiger partial charge in [0.25, 0.3) is 5.91 Å². The Labute approximate surface area is 170 Å². The van der Waals surface area contributed by atoms with Crippen LogP contribution in [0.3, 0.4) is 0 Å². The largest absolute Gasteiger partial charge is 0.349 e. The molecule has 2 aliphatic heterocycles. The van der Waals surface area contributed by atoms with Gasteiger partial charge in [-0.1, -0.05) is 35.9 Å². The van der Waals surface area contributed by atoms with Crippen molar-refractivity contribution in [2.24, 2.45) is 0 Å². The minimum absolute atomic E-state index is 0.0412. The average molecular weight is 398 g/mol. The van der Waals surface area contributed by atoms with E-state index in [1.54, 1.807) is 12.1 Å². The van der Waals surface area contributed by atoms with Gasteiger partial charge in [0.1, 0.15) is 0 Å². The minimum atomic E-state index is -0.0789. The number of urea groups is 1.